The molecule has 0 aliphatic carbocycles. The number of aryl methyl sites for hydroxylation is 1. The zero-order valence-electron chi connectivity index (χ0n) is 26.2. The number of carbonyl (C=O) groups is 1. The number of rotatable bonds is 10. The molecular formula is C37H33N5O4S2. The minimum atomic E-state index is -0.560. The first-order valence-electron chi connectivity index (χ1n) is 15.6. The second-order valence-electron chi connectivity index (χ2n) is 11.5. The summed E-state index contributed by atoms with van der Waals surface area (Å²) in [5.41, 5.74) is 7.54. The van der Waals surface area contributed by atoms with Gasteiger partial charge in [0.05, 0.1) is 36.0 Å². The van der Waals surface area contributed by atoms with E-state index in [0.717, 1.165) is 54.0 Å². The highest BCUT2D eigenvalue weighted by atomic mass is 32.2. The molecule has 4 aromatic carbocycles. The summed E-state index contributed by atoms with van der Waals surface area (Å²) in [6.07, 6.45) is 1.40. The number of amides is 1. The van der Waals surface area contributed by atoms with Crippen molar-refractivity contribution >= 4 is 40.0 Å². The highest BCUT2D eigenvalue weighted by molar-refractivity contribution is 8.01. The van der Waals surface area contributed by atoms with Crippen LogP contribution in [0, 0.1) is 6.92 Å². The van der Waals surface area contributed by atoms with Crippen LogP contribution in [0.2, 0.25) is 0 Å². The van der Waals surface area contributed by atoms with Crippen molar-refractivity contribution in [2.75, 3.05) is 5.75 Å². The van der Waals surface area contributed by atoms with Gasteiger partial charge in [-0.1, -0.05) is 108 Å². The average molecular weight is 676 g/mol. The van der Waals surface area contributed by atoms with Gasteiger partial charge in [-0.05, 0) is 46.9 Å². The van der Waals surface area contributed by atoms with E-state index >= 15 is 0 Å². The van der Waals surface area contributed by atoms with Gasteiger partial charge in [-0.25, -0.2) is 4.98 Å². The van der Waals surface area contributed by atoms with Gasteiger partial charge < -0.3 is 19.9 Å². The van der Waals surface area contributed by atoms with Gasteiger partial charge in [0.25, 0.3) is 5.91 Å². The third-order valence-corrected chi connectivity index (χ3v) is 10.3. The first-order chi connectivity index (χ1) is 23.5. The molecule has 1 saturated heterocycles. The Morgan fingerprint density at radius 2 is 1.67 bits per heavy atom. The molecule has 9 nitrogen and oxygen atoms in total. The number of hydrogen-bond donors (Lipinski definition) is 2. The molecular weight excluding hydrogens is 643 g/mol. The fourth-order valence-electron chi connectivity index (χ4n) is 5.63. The fraction of sp³-hybridized carbons (Fsp3) is 0.216. The number of nitrogens with zero attached hydrogens (tertiary/aromatic N) is 4. The highest BCUT2D eigenvalue weighted by Crippen LogP contribution is 2.40. The van der Waals surface area contributed by atoms with Crippen LogP contribution in [0.25, 0.3) is 22.2 Å². The SMILES string of the molecule is Cc1nnc(SC[C@H]2C[C@@H](c3ccc(CO)cc3)O[C@@H](c3ccc(-c4ccccc4CNC(=O)c4cnc5ccccc5n4)cc3)O2)s1. The van der Waals surface area contributed by atoms with Crippen LogP contribution in [0.15, 0.2) is 108 Å². The Labute approximate surface area is 286 Å². The zero-order valence-corrected chi connectivity index (χ0v) is 27.8. The quantitative estimate of drug-likeness (QED) is 0.145. The average Bonchev–Trinajstić information content (AvgIpc) is 3.57. The van der Waals surface area contributed by atoms with Gasteiger partial charge in [-0.2, -0.15) is 0 Å². The monoisotopic (exact) mass is 675 g/mol. The van der Waals surface area contributed by atoms with Gasteiger partial charge in [-0.3, -0.25) is 9.78 Å². The third-order valence-electron chi connectivity index (χ3n) is 8.15. The summed E-state index contributed by atoms with van der Waals surface area (Å²) in [5, 5.41) is 21.9. The minimum absolute atomic E-state index is 0.000936. The normalized spacial score (nSPS) is 17.8. The number of para-hydroxylation sites is 2. The molecule has 0 radical (unpaired) electrons. The predicted molar refractivity (Wildman–Crippen MR) is 186 cm³/mol. The third kappa shape index (κ3) is 7.46. The van der Waals surface area contributed by atoms with Crippen LogP contribution in [0.4, 0.5) is 0 Å². The lowest BCUT2D eigenvalue weighted by Gasteiger charge is -2.36. The molecule has 3 heterocycles. The molecule has 0 spiro atoms. The van der Waals surface area contributed by atoms with E-state index in [1.54, 1.807) is 23.1 Å². The number of aliphatic hydroxyl groups excluding tert-OH is 1. The van der Waals surface area contributed by atoms with Crippen molar-refractivity contribution < 1.29 is 19.4 Å². The Morgan fingerprint density at radius 1 is 0.917 bits per heavy atom. The maximum atomic E-state index is 13.0. The molecule has 1 amide bonds. The maximum absolute atomic E-state index is 13.0. The van der Waals surface area contributed by atoms with Crippen LogP contribution in [0.3, 0.4) is 0 Å². The number of benzene rings is 4. The molecule has 11 heteroatoms. The number of hydrogen-bond acceptors (Lipinski definition) is 10. The van der Waals surface area contributed by atoms with E-state index in [-0.39, 0.29) is 30.4 Å². The number of nitrogens with one attached hydrogen (secondary N) is 1. The fourth-order valence-corrected chi connectivity index (χ4v) is 7.49. The van der Waals surface area contributed by atoms with E-state index < -0.39 is 6.29 Å². The number of thioether (sulfide) groups is 1. The largest absolute Gasteiger partial charge is 0.392 e. The standard InChI is InChI=1S/C37H33N5O4S2/c1-23-41-42-37(48-23)47-22-29-18-34(26-12-10-24(21-43)11-13-26)46-36(45-29)27-16-14-25(15-17-27)30-7-3-2-6-28(30)19-39-35(44)33-20-38-31-8-4-5-9-32(31)40-33/h2-17,20,29,34,36,43H,18-19,21-22H2,1H3,(H,39,44)/t29-,34+,36+/m1/s1. The summed E-state index contributed by atoms with van der Waals surface area (Å²) in [4.78, 5) is 21.8. The lowest BCUT2D eigenvalue weighted by atomic mass is 9.97. The number of fused-ring (bicyclic) bond motifs is 1. The molecule has 48 heavy (non-hydrogen) atoms. The molecule has 1 fully saturated rings. The summed E-state index contributed by atoms with van der Waals surface area (Å²) >= 11 is 3.23. The minimum Gasteiger partial charge on any atom is -0.392 e. The molecule has 1 aliphatic rings. The number of aliphatic hydroxyl groups is 1. The van der Waals surface area contributed by atoms with Crippen LogP contribution in [-0.4, -0.2) is 43.0 Å². The van der Waals surface area contributed by atoms with E-state index in [9.17, 15) is 9.90 Å². The summed E-state index contributed by atoms with van der Waals surface area (Å²) in [6, 6.07) is 31.6. The second kappa shape index (κ2) is 14.7. The summed E-state index contributed by atoms with van der Waals surface area (Å²) in [7, 11) is 0. The van der Waals surface area contributed by atoms with E-state index in [1.165, 1.54) is 6.20 Å². The van der Waals surface area contributed by atoms with Crippen molar-refractivity contribution in [3.05, 3.63) is 136 Å². The Morgan fingerprint density at radius 3 is 2.44 bits per heavy atom. The molecule has 0 bridgehead atoms. The van der Waals surface area contributed by atoms with Crippen molar-refractivity contribution in [2.45, 2.75) is 49.3 Å². The van der Waals surface area contributed by atoms with Crippen LogP contribution in [-0.2, 0) is 22.6 Å². The lowest BCUT2D eigenvalue weighted by Crippen LogP contribution is -2.31. The van der Waals surface area contributed by atoms with Crippen LogP contribution in [0.1, 0.15) is 56.6 Å². The van der Waals surface area contributed by atoms with Crippen LogP contribution < -0.4 is 5.32 Å². The Balaban J connectivity index is 1.07. The smallest absolute Gasteiger partial charge is 0.271 e. The molecule has 0 saturated carbocycles. The Bertz CT molecular complexity index is 2020. The van der Waals surface area contributed by atoms with Gasteiger partial charge in [-0.15, -0.1) is 10.2 Å². The second-order valence-corrected chi connectivity index (χ2v) is 13.9. The van der Waals surface area contributed by atoms with Gasteiger partial charge >= 0.3 is 0 Å². The van der Waals surface area contributed by atoms with E-state index in [0.29, 0.717) is 18.5 Å². The molecule has 2 aromatic heterocycles. The maximum Gasteiger partial charge on any atom is 0.271 e. The Hall–Kier alpha value is -4.52. The number of ether oxygens (including phenoxy) is 2. The molecule has 6 aromatic rings. The van der Waals surface area contributed by atoms with Crippen molar-refractivity contribution in [1.29, 1.82) is 0 Å². The van der Waals surface area contributed by atoms with E-state index in [2.05, 4.69) is 43.7 Å². The highest BCUT2D eigenvalue weighted by Gasteiger charge is 2.32. The molecule has 3 atom stereocenters. The first kappa shape index (κ1) is 32.0. The molecule has 7 rings (SSSR count). The molecule has 242 valence electrons. The summed E-state index contributed by atoms with van der Waals surface area (Å²) in [5.74, 6) is 0.446. The topological polar surface area (TPSA) is 119 Å². The van der Waals surface area contributed by atoms with Crippen molar-refractivity contribution in [1.82, 2.24) is 25.5 Å². The lowest BCUT2D eigenvalue weighted by molar-refractivity contribution is -0.245. The van der Waals surface area contributed by atoms with Crippen LogP contribution in [0.5, 0.6) is 0 Å². The van der Waals surface area contributed by atoms with Crippen molar-refractivity contribution in [3.63, 3.8) is 0 Å². The number of aromatic nitrogens is 4. The van der Waals surface area contributed by atoms with Crippen molar-refractivity contribution in [3.8, 4) is 11.1 Å². The predicted octanol–water partition coefficient (Wildman–Crippen LogP) is 7.22. The summed E-state index contributed by atoms with van der Waals surface area (Å²) < 4.78 is 14.0. The van der Waals surface area contributed by atoms with E-state index in [4.69, 9.17) is 9.47 Å². The molecule has 0 unspecified atom stereocenters. The summed E-state index contributed by atoms with van der Waals surface area (Å²) in [6.45, 7) is 2.29. The first-order valence-corrected chi connectivity index (χ1v) is 17.4. The number of carbonyl (C=O) groups excluding carboxylic acids is 1. The van der Waals surface area contributed by atoms with Gasteiger partial charge in [0.15, 0.2) is 10.6 Å². The zero-order chi connectivity index (χ0) is 32.9. The van der Waals surface area contributed by atoms with Gasteiger partial charge in [0.2, 0.25) is 0 Å². The molecule has 2 N–H and O–H groups in total. The molecule has 1 aliphatic heterocycles. The van der Waals surface area contributed by atoms with Crippen molar-refractivity contribution in [2.24, 2.45) is 0 Å². The van der Waals surface area contributed by atoms with Gasteiger partial charge in [0, 0.05) is 24.3 Å². The van der Waals surface area contributed by atoms with Gasteiger partial charge in [0.1, 0.15) is 10.7 Å². The Kier molecular flexibility index (Phi) is 9.82. The van der Waals surface area contributed by atoms with Crippen LogP contribution >= 0.6 is 23.1 Å². The van der Waals surface area contributed by atoms with E-state index in [1.807, 2.05) is 85.8 Å².